The predicted molar refractivity (Wildman–Crippen MR) is 166 cm³/mol. The zero-order chi connectivity index (χ0) is 34.7. The minimum absolute atomic E-state index is 0.0252. The molecule has 0 unspecified atom stereocenters. The zero-order valence-corrected chi connectivity index (χ0v) is 26.5. The maximum atomic E-state index is 14.4. The maximum Gasteiger partial charge on any atom is 0.416 e. The second kappa shape index (κ2) is 12.2. The lowest BCUT2D eigenvalue weighted by Crippen LogP contribution is -2.31. The van der Waals surface area contributed by atoms with Gasteiger partial charge in [0.15, 0.2) is 5.78 Å². The molecule has 1 amide bonds. The van der Waals surface area contributed by atoms with Gasteiger partial charge in [0, 0.05) is 28.9 Å². The van der Waals surface area contributed by atoms with E-state index in [1.54, 1.807) is 30.5 Å². The number of hydrogen-bond acceptors (Lipinski definition) is 5. The van der Waals surface area contributed by atoms with E-state index in [0.29, 0.717) is 28.3 Å². The van der Waals surface area contributed by atoms with Crippen LogP contribution >= 0.6 is 11.8 Å². The van der Waals surface area contributed by atoms with Gasteiger partial charge in [-0.05, 0) is 97.0 Å². The van der Waals surface area contributed by atoms with Crippen molar-refractivity contribution in [2.75, 3.05) is 7.11 Å². The smallest absolute Gasteiger partial charge is 0.416 e. The van der Waals surface area contributed by atoms with Crippen LogP contribution in [0.5, 0.6) is 5.88 Å². The van der Waals surface area contributed by atoms with E-state index in [4.69, 9.17) is 4.74 Å². The number of rotatable bonds is 6. The number of methoxy groups -OCH3 is 1. The third-order valence-corrected chi connectivity index (χ3v) is 10.1. The maximum absolute atomic E-state index is 14.4. The molecule has 13 heteroatoms. The number of carbonyl (C=O) groups is 2. The average Bonchev–Trinajstić information content (AvgIpc) is 3.60. The largest absolute Gasteiger partial charge is 0.481 e. The zero-order valence-electron chi connectivity index (χ0n) is 25.7. The number of halogens is 7. The van der Waals surface area contributed by atoms with E-state index in [1.807, 2.05) is 6.92 Å². The van der Waals surface area contributed by atoms with E-state index in [0.717, 1.165) is 47.2 Å². The Hall–Kier alpha value is -4.39. The van der Waals surface area contributed by atoms with E-state index in [2.05, 4.69) is 4.98 Å². The van der Waals surface area contributed by atoms with Crippen LogP contribution in [0.2, 0.25) is 0 Å². The molecular formula is C35H27F7N2O3S. The number of benzene rings is 3. The molecule has 2 aliphatic heterocycles. The summed E-state index contributed by atoms with van der Waals surface area (Å²) in [6, 6.07) is 10.7. The summed E-state index contributed by atoms with van der Waals surface area (Å²) in [6.45, 7) is 3.27. The summed E-state index contributed by atoms with van der Waals surface area (Å²) in [7, 11) is 1.37. The monoisotopic (exact) mass is 688 g/mol. The van der Waals surface area contributed by atoms with E-state index in [-0.39, 0.29) is 35.6 Å². The quantitative estimate of drug-likeness (QED) is 0.149. The van der Waals surface area contributed by atoms with Crippen molar-refractivity contribution in [3.63, 3.8) is 0 Å². The first kappa shape index (κ1) is 33.5. The fraction of sp³-hybridized carbons (Fsp3) is 0.286. The first-order valence-corrected chi connectivity index (χ1v) is 15.7. The van der Waals surface area contributed by atoms with Crippen molar-refractivity contribution in [3.8, 4) is 28.1 Å². The summed E-state index contributed by atoms with van der Waals surface area (Å²) in [5.74, 6) is -1.10. The van der Waals surface area contributed by atoms with Gasteiger partial charge in [-0.2, -0.15) is 26.3 Å². The molecule has 2 fully saturated rings. The molecule has 48 heavy (non-hydrogen) atoms. The molecule has 2 aliphatic rings. The highest BCUT2D eigenvalue weighted by Gasteiger charge is 2.50. The number of alkyl halides is 6. The van der Waals surface area contributed by atoms with Gasteiger partial charge in [0.05, 0.1) is 29.5 Å². The molecule has 0 bridgehead atoms. The van der Waals surface area contributed by atoms with Crippen molar-refractivity contribution in [1.29, 1.82) is 0 Å². The summed E-state index contributed by atoms with van der Waals surface area (Å²) in [4.78, 5) is 31.2. The minimum atomic E-state index is -4.81. The summed E-state index contributed by atoms with van der Waals surface area (Å²) in [6.07, 6.45) is -7.51. The summed E-state index contributed by atoms with van der Waals surface area (Å²) in [5.41, 5.74) is 1.30. The third kappa shape index (κ3) is 6.15. The number of aryl methyl sites for hydroxylation is 1. The van der Waals surface area contributed by atoms with Crippen LogP contribution in [0.1, 0.15) is 69.2 Å². The molecule has 0 saturated carbocycles. The Morgan fingerprint density at radius 2 is 1.60 bits per heavy atom. The van der Waals surface area contributed by atoms with Gasteiger partial charge in [-0.15, -0.1) is 0 Å². The molecule has 5 nitrogen and oxygen atoms in total. The molecular weight excluding hydrogens is 661 g/mol. The van der Waals surface area contributed by atoms with Crippen LogP contribution in [0, 0.1) is 12.7 Å². The van der Waals surface area contributed by atoms with Gasteiger partial charge in [-0.1, -0.05) is 30.0 Å². The number of Topliss-reactive ketones (excluding diaryl/α,β-unsaturated/α-hetero) is 1. The Labute approximate surface area is 275 Å². The van der Waals surface area contributed by atoms with Crippen molar-refractivity contribution in [1.82, 2.24) is 9.88 Å². The lowest BCUT2D eigenvalue weighted by atomic mass is 9.90. The molecule has 3 aromatic carbocycles. The highest BCUT2D eigenvalue weighted by atomic mass is 32.2. The van der Waals surface area contributed by atoms with Gasteiger partial charge in [0.2, 0.25) is 5.88 Å². The van der Waals surface area contributed by atoms with Gasteiger partial charge < -0.3 is 9.64 Å². The van der Waals surface area contributed by atoms with Gasteiger partial charge >= 0.3 is 12.4 Å². The Balaban J connectivity index is 1.46. The first-order chi connectivity index (χ1) is 22.6. The van der Waals surface area contributed by atoms with Crippen LogP contribution in [0.25, 0.3) is 22.3 Å². The molecule has 0 radical (unpaired) electrons. The number of amides is 1. The lowest BCUT2D eigenvalue weighted by molar-refractivity contribution is -0.138. The van der Waals surface area contributed by atoms with Crippen LogP contribution in [-0.2, 0) is 12.4 Å². The predicted octanol–water partition coefficient (Wildman–Crippen LogP) is 10.2. The third-order valence-electron chi connectivity index (χ3n) is 8.81. The number of thioether (sulfide) groups is 1. The van der Waals surface area contributed by atoms with Gasteiger partial charge in [0.1, 0.15) is 5.82 Å². The number of ether oxygens (including phenoxy) is 1. The van der Waals surface area contributed by atoms with Crippen molar-refractivity contribution >= 4 is 22.8 Å². The molecule has 6 rings (SSSR count). The van der Waals surface area contributed by atoms with E-state index in [1.165, 1.54) is 25.0 Å². The number of pyridine rings is 1. The second-order valence-electron chi connectivity index (χ2n) is 11.8. The Morgan fingerprint density at radius 1 is 0.896 bits per heavy atom. The van der Waals surface area contributed by atoms with Crippen LogP contribution in [0.3, 0.4) is 0 Å². The standard InChI is InChI=1S/C35H27F7N2O3S/c1-17-10-19(18(2)45)4-6-25(17)21-13-28(32(47-3)43-16-21)26-7-5-22(34(37,38)39)15-27(26)29-8-9-30-31(48-33(46)44(29)30)20-11-23(35(40,41)42)14-24(36)12-20/h4-7,10-16,29-31H,8-9H2,1-3H3/t29-,30-,31+/m0/s1. The molecule has 2 saturated heterocycles. The second-order valence-corrected chi connectivity index (χ2v) is 12.9. The summed E-state index contributed by atoms with van der Waals surface area (Å²) < 4.78 is 103. The molecule has 3 atom stereocenters. The van der Waals surface area contributed by atoms with E-state index in [9.17, 15) is 40.3 Å². The molecule has 3 heterocycles. The van der Waals surface area contributed by atoms with Crippen LogP contribution in [0.4, 0.5) is 35.5 Å². The van der Waals surface area contributed by atoms with Gasteiger partial charge in [-0.25, -0.2) is 9.37 Å². The molecule has 0 N–H and O–H groups in total. The number of fused-ring (bicyclic) bond motifs is 1. The molecule has 0 aliphatic carbocycles. The summed E-state index contributed by atoms with van der Waals surface area (Å²) >= 11 is 0.730. The molecule has 4 aromatic rings. The van der Waals surface area contributed by atoms with Gasteiger partial charge in [-0.3, -0.25) is 9.59 Å². The van der Waals surface area contributed by atoms with Crippen LogP contribution < -0.4 is 4.74 Å². The van der Waals surface area contributed by atoms with Crippen molar-refractivity contribution in [3.05, 3.63) is 106 Å². The number of aromatic nitrogens is 1. The first-order valence-electron chi connectivity index (χ1n) is 14.8. The Bertz CT molecular complexity index is 1940. The number of carbonyl (C=O) groups excluding carboxylic acids is 2. The lowest BCUT2D eigenvalue weighted by Gasteiger charge is -2.28. The minimum Gasteiger partial charge on any atom is -0.481 e. The fourth-order valence-corrected chi connectivity index (χ4v) is 7.90. The highest BCUT2D eigenvalue weighted by molar-refractivity contribution is 8.14. The molecule has 0 spiro atoms. The van der Waals surface area contributed by atoms with Crippen molar-refractivity contribution in [2.24, 2.45) is 0 Å². The Morgan fingerprint density at radius 3 is 2.25 bits per heavy atom. The average molecular weight is 689 g/mol. The fourth-order valence-electron chi connectivity index (χ4n) is 6.60. The molecule has 250 valence electrons. The van der Waals surface area contributed by atoms with Crippen LogP contribution in [0.15, 0.2) is 66.9 Å². The van der Waals surface area contributed by atoms with Crippen molar-refractivity contribution in [2.45, 2.75) is 56.4 Å². The molecule has 1 aromatic heterocycles. The van der Waals surface area contributed by atoms with E-state index >= 15 is 0 Å². The number of hydrogen-bond donors (Lipinski definition) is 0. The summed E-state index contributed by atoms with van der Waals surface area (Å²) in [5, 5.41) is -1.40. The highest BCUT2D eigenvalue weighted by Crippen LogP contribution is 2.55. The van der Waals surface area contributed by atoms with Crippen LogP contribution in [-0.4, -0.2) is 34.1 Å². The van der Waals surface area contributed by atoms with Crippen molar-refractivity contribution < 1.29 is 45.1 Å². The topological polar surface area (TPSA) is 59.5 Å². The van der Waals surface area contributed by atoms with E-state index < -0.39 is 51.9 Å². The number of ketones is 1. The normalized spacial score (nSPS) is 19.5. The van der Waals surface area contributed by atoms with Gasteiger partial charge in [0.25, 0.3) is 5.24 Å². The SMILES string of the molecule is COc1ncc(-c2ccc(C(C)=O)cc2C)cc1-c1ccc(C(F)(F)F)cc1[C@@H]1CC[C@H]2[C@@H](c3cc(F)cc(C(F)(F)F)c3)SC(=O)N12. The Kier molecular flexibility index (Phi) is 8.55. The number of nitrogens with zero attached hydrogens (tertiary/aromatic N) is 2.